The zero-order chi connectivity index (χ0) is 16.4. The van der Waals surface area contributed by atoms with Crippen molar-refractivity contribution >= 4 is 18.2 Å². The van der Waals surface area contributed by atoms with Crippen molar-refractivity contribution in [2.24, 2.45) is 0 Å². The number of carboxylic acids is 1. The monoisotopic (exact) mass is 307 g/mol. The molecule has 1 aromatic rings. The number of rotatable bonds is 10. The van der Waals surface area contributed by atoms with Gasteiger partial charge in [0.2, 0.25) is 0 Å². The van der Waals surface area contributed by atoms with Crippen LogP contribution in [-0.2, 0) is 9.59 Å². The molecule has 120 valence electrons. The van der Waals surface area contributed by atoms with Crippen molar-refractivity contribution in [2.45, 2.75) is 38.7 Å². The number of benzene rings is 1. The predicted molar refractivity (Wildman–Crippen MR) is 81.0 cm³/mol. The average Bonchev–Trinajstić information content (AvgIpc) is 2.50. The molecule has 0 fully saturated rings. The molecular weight excluding hydrogens is 286 g/mol. The number of aldehydes is 1. The Kier molecular flexibility index (Phi) is 7.67. The van der Waals surface area contributed by atoms with Crippen LogP contribution < -0.4 is 10.1 Å². The molecule has 2 N–H and O–H groups in total. The Labute approximate surface area is 129 Å². The summed E-state index contributed by atoms with van der Waals surface area (Å²) in [6.45, 7) is 2.14. The summed E-state index contributed by atoms with van der Waals surface area (Å²) in [4.78, 5) is 32.7. The van der Waals surface area contributed by atoms with E-state index < -0.39 is 12.1 Å². The molecule has 22 heavy (non-hydrogen) atoms. The highest BCUT2D eigenvalue weighted by molar-refractivity contribution is 5.80. The van der Waals surface area contributed by atoms with Gasteiger partial charge in [-0.15, -0.1) is 0 Å². The first-order valence-corrected chi connectivity index (χ1v) is 7.24. The second kappa shape index (κ2) is 9.55. The molecule has 0 bridgehead atoms. The number of hydrogen-bond acceptors (Lipinski definition) is 4. The minimum absolute atomic E-state index is 0.157. The van der Waals surface area contributed by atoms with Gasteiger partial charge in [0.1, 0.15) is 12.0 Å². The highest BCUT2D eigenvalue weighted by atomic mass is 16.5. The molecule has 6 heteroatoms. The molecular formula is C16H21NO5. The van der Waals surface area contributed by atoms with Crippen LogP contribution >= 0.6 is 0 Å². The number of ether oxygens (including phenoxy) is 1. The van der Waals surface area contributed by atoms with Crippen molar-refractivity contribution in [1.29, 1.82) is 0 Å². The lowest BCUT2D eigenvalue weighted by Crippen LogP contribution is -2.36. The normalized spacial score (nSPS) is 11.5. The van der Waals surface area contributed by atoms with E-state index in [0.29, 0.717) is 24.3 Å². The van der Waals surface area contributed by atoms with Gasteiger partial charge in [-0.05, 0) is 44.0 Å². The number of amides is 1. The van der Waals surface area contributed by atoms with Crippen LogP contribution in [0.4, 0.5) is 0 Å². The minimum atomic E-state index is -0.799. The predicted octanol–water partition coefficient (Wildman–Crippen LogP) is 2.03. The summed E-state index contributed by atoms with van der Waals surface area (Å²) in [6.07, 6.45) is 2.37. The van der Waals surface area contributed by atoms with E-state index in [1.807, 2.05) is 0 Å². The van der Waals surface area contributed by atoms with Crippen LogP contribution in [0.2, 0.25) is 0 Å². The van der Waals surface area contributed by atoms with Crippen LogP contribution in [0.5, 0.6) is 5.75 Å². The van der Waals surface area contributed by atoms with Gasteiger partial charge in [-0.1, -0.05) is 6.42 Å². The van der Waals surface area contributed by atoms with E-state index in [2.05, 4.69) is 5.32 Å². The number of carboxylic acid groups (broad SMARTS) is 1. The maximum Gasteiger partial charge on any atom is 0.303 e. The molecule has 6 nitrogen and oxygen atoms in total. The first-order chi connectivity index (χ1) is 10.5. The molecule has 0 aromatic heterocycles. The van der Waals surface area contributed by atoms with Gasteiger partial charge >= 0.3 is 5.97 Å². The van der Waals surface area contributed by atoms with Crippen LogP contribution in [0.25, 0.3) is 0 Å². The Morgan fingerprint density at radius 2 is 1.91 bits per heavy atom. The topological polar surface area (TPSA) is 92.7 Å². The highest BCUT2D eigenvalue weighted by Gasteiger charge is 2.13. The van der Waals surface area contributed by atoms with Gasteiger partial charge in [-0.2, -0.15) is 0 Å². The quantitative estimate of drug-likeness (QED) is 0.509. The van der Waals surface area contributed by atoms with Crippen LogP contribution in [0.15, 0.2) is 24.3 Å². The third-order valence-corrected chi connectivity index (χ3v) is 3.06. The Bertz CT molecular complexity index is 498. The standard InChI is InChI=1S/C16H21NO5/c1-12(22-14-8-6-13(11-18)7-9-14)16(21)17-10-4-2-3-5-15(19)20/h6-9,11-12H,2-5,10H2,1H3,(H,17,21)(H,19,20). The number of carbonyl (C=O) groups is 3. The van der Waals surface area contributed by atoms with Crippen molar-refractivity contribution in [1.82, 2.24) is 5.32 Å². The molecule has 1 aromatic carbocycles. The Hall–Kier alpha value is -2.37. The molecule has 0 saturated heterocycles. The van der Waals surface area contributed by atoms with E-state index in [1.165, 1.54) is 0 Å². The number of aliphatic carboxylic acids is 1. The smallest absolute Gasteiger partial charge is 0.303 e. The first-order valence-electron chi connectivity index (χ1n) is 7.24. The van der Waals surface area contributed by atoms with Gasteiger partial charge in [-0.3, -0.25) is 14.4 Å². The first kappa shape index (κ1) is 17.7. The van der Waals surface area contributed by atoms with Crippen molar-refractivity contribution in [3.05, 3.63) is 29.8 Å². The van der Waals surface area contributed by atoms with Crippen molar-refractivity contribution in [3.8, 4) is 5.75 Å². The van der Waals surface area contributed by atoms with Crippen LogP contribution in [0, 0.1) is 0 Å². The SMILES string of the molecule is CC(Oc1ccc(C=O)cc1)C(=O)NCCCCCC(=O)O. The Morgan fingerprint density at radius 1 is 1.23 bits per heavy atom. The lowest BCUT2D eigenvalue weighted by Gasteiger charge is -2.14. The van der Waals surface area contributed by atoms with Gasteiger partial charge in [0.15, 0.2) is 6.10 Å². The minimum Gasteiger partial charge on any atom is -0.481 e. The molecule has 1 unspecified atom stereocenters. The number of unbranched alkanes of at least 4 members (excludes halogenated alkanes) is 2. The highest BCUT2D eigenvalue weighted by Crippen LogP contribution is 2.13. The summed E-state index contributed by atoms with van der Waals surface area (Å²) in [5, 5.41) is 11.2. The van der Waals surface area contributed by atoms with Gasteiger partial charge in [0.05, 0.1) is 0 Å². The summed E-state index contributed by atoms with van der Waals surface area (Å²) >= 11 is 0. The molecule has 0 aliphatic rings. The zero-order valence-corrected chi connectivity index (χ0v) is 12.6. The van der Waals surface area contributed by atoms with Crippen molar-refractivity contribution in [3.63, 3.8) is 0 Å². The van der Waals surface area contributed by atoms with Crippen molar-refractivity contribution < 1.29 is 24.2 Å². The van der Waals surface area contributed by atoms with Crippen LogP contribution in [-0.4, -0.2) is 35.9 Å². The third kappa shape index (κ3) is 6.88. The van der Waals surface area contributed by atoms with Gasteiger partial charge in [0, 0.05) is 18.5 Å². The fourth-order valence-electron chi connectivity index (χ4n) is 1.82. The summed E-state index contributed by atoms with van der Waals surface area (Å²) < 4.78 is 5.48. The molecule has 1 atom stereocenters. The molecule has 1 rings (SSSR count). The number of nitrogens with one attached hydrogen (secondary N) is 1. The summed E-state index contributed by atoms with van der Waals surface area (Å²) in [6, 6.07) is 6.52. The molecule has 0 saturated carbocycles. The molecule has 1 amide bonds. The Morgan fingerprint density at radius 3 is 2.50 bits per heavy atom. The van der Waals surface area contributed by atoms with Gasteiger partial charge < -0.3 is 15.2 Å². The average molecular weight is 307 g/mol. The van der Waals surface area contributed by atoms with E-state index in [0.717, 1.165) is 19.1 Å². The second-order valence-corrected chi connectivity index (χ2v) is 4.94. The fourth-order valence-corrected chi connectivity index (χ4v) is 1.82. The van der Waals surface area contributed by atoms with E-state index in [-0.39, 0.29) is 12.3 Å². The number of carbonyl (C=O) groups excluding carboxylic acids is 2. The zero-order valence-electron chi connectivity index (χ0n) is 12.6. The van der Waals surface area contributed by atoms with E-state index in [9.17, 15) is 14.4 Å². The third-order valence-electron chi connectivity index (χ3n) is 3.06. The maximum absolute atomic E-state index is 11.8. The van der Waals surface area contributed by atoms with E-state index >= 15 is 0 Å². The second-order valence-electron chi connectivity index (χ2n) is 4.94. The van der Waals surface area contributed by atoms with Gasteiger partial charge in [-0.25, -0.2) is 0 Å². The fraction of sp³-hybridized carbons (Fsp3) is 0.438. The molecule has 0 radical (unpaired) electrons. The largest absolute Gasteiger partial charge is 0.481 e. The van der Waals surface area contributed by atoms with Crippen molar-refractivity contribution in [2.75, 3.05) is 6.54 Å². The van der Waals surface area contributed by atoms with E-state index in [4.69, 9.17) is 9.84 Å². The molecule has 0 aliphatic heterocycles. The van der Waals surface area contributed by atoms with Gasteiger partial charge in [0.25, 0.3) is 5.91 Å². The maximum atomic E-state index is 11.8. The molecule has 0 spiro atoms. The van der Waals surface area contributed by atoms with E-state index in [1.54, 1.807) is 31.2 Å². The number of hydrogen-bond donors (Lipinski definition) is 2. The van der Waals surface area contributed by atoms with Crippen LogP contribution in [0.1, 0.15) is 43.0 Å². The Balaban J connectivity index is 2.23. The summed E-state index contributed by atoms with van der Waals surface area (Å²) in [5.41, 5.74) is 0.547. The lowest BCUT2D eigenvalue weighted by atomic mass is 10.2. The molecule has 0 aliphatic carbocycles. The lowest BCUT2D eigenvalue weighted by molar-refractivity contribution is -0.137. The molecule has 0 heterocycles. The van der Waals surface area contributed by atoms with Crippen LogP contribution in [0.3, 0.4) is 0 Å². The summed E-state index contributed by atoms with van der Waals surface area (Å²) in [5.74, 6) is -0.501. The summed E-state index contributed by atoms with van der Waals surface area (Å²) in [7, 11) is 0.